The molecule has 134 valence electrons. The van der Waals surface area contributed by atoms with Gasteiger partial charge in [0.15, 0.2) is 5.96 Å². The van der Waals surface area contributed by atoms with Gasteiger partial charge in [0.25, 0.3) is 0 Å². The summed E-state index contributed by atoms with van der Waals surface area (Å²) in [7, 11) is 5.62. The molecule has 0 radical (unpaired) electrons. The minimum Gasteiger partial charge on any atom is -0.496 e. The lowest BCUT2D eigenvalue weighted by Gasteiger charge is -2.26. The number of guanidine groups is 1. The van der Waals surface area contributed by atoms with E-state index in [-0.39, 0.29) is 0 Å². The maximum atomic E-state index is 5.44. The summed E-state index contributed by atoms with van der Waals surface area (Å²) < 4.78 is 5.44. The Kier molecular flexibility index (Phi) is 7.37. The van der Waals surface area contributed by atoms with Crippen molar-refractivity contribution in [2.75, 3.05) is 47.4 Å². The van der Waals surface area contributed by atoms with Gasteiger partial charge in [0.05, 0.1) is 7.11 Å². The standard InChI is InChI=1S/C19H32N4O/c1-16(14-23-11-7-8-12-23)13-21-19(20-2)22(3)15-17-9-5-6-10-18(17)24-4/h5-6,9-10,16H,7-8,11-15H2,1-4H3,(H,20,21). The number of hydrogen-bond donors (Lipinski definition) is 1. The first kappa shape index (κ1) is 18.6. The van der Waals surface area contributed by atoms with Crippen LogP contribution >= 0.6 is 0 Å². The van der Waals surface area contributed by atoms with E-state index >= 15 is 0 Å². The Morgan fingerprint density at radius 1 is 1.33 bits per heavy atom. The first-order chi connectivity index (χ1) is 11.6. The van der Waals surface area contributed by atoms with Gasteiger partial charge in [0.2, 0.25) is 0 Å². The first-order valence-corrected chi connectivity index (χ1v) is 8.90. The molecule has 24 heavy (non-hydrogen) atoms. The van der Waals surface area contributed by atoms with E-state index in [0.717, 1.165) is 30.4 Å². The molecule has 0 spiro atoms. The summed E-state index contributed by atoms with van der Waals surface area (Å²) in [5.74, 6) is 2.45. The molecule has 0 aliphatic carbocycles. The Balaban J connectivity index is 1.83. The molecule has 1 fully saturated rings. The van der Waals surface area contributed by atoms with Crippen LogP contribution in [0.3, 0.4) is 0 Å². The van der Waals surface area contributed by atoms with Crippen molar-refractivity contribution in [2.45, 2.75) is 26.3 Å². The molecule has 1 aromatic carbocycles. The lowest BCUT2D eigenvalue weighted by atomic mass is 10.1. The molecule has 0 bridgehead atoms. The van der Waals surface area contributed by atoms with Gasteiger partial charge in [0.1, 0.15) is 5.75 Å². The third kappa shape index (κ3) is 5.41. The highest BCUT2D eigenvalue weighted by Gasteiger charge is 2.16. The molecule has 1 atom stereocenters. The van der Waals surface area contributed by atoms with Gasteiger partial charge in [-0.2, -0.15) is 0 Å². The minimum atomic E-state index is 0.611. The molecule has 1 aliphatic heterocycles. The molecule has 1 saturated heterocycles. The molecule has 0 saturated carbocycles. The van der Waals surface area contributed by atoms with Crippen molar-refractivity contribution in [3.63, 3.8) is 0 Å². The van der Waals surface area contributed by atoms with E-state index in [1.54, 1.807) is 7.11 Å². The molecular formula is C19H32N4O. The molecule has 2 rings (SSSR count). The maximum Gasteiger partial charge on any atom is 0.193 e. The maximum absolute atomic E-state index is 5.44. The number of likely N-dealkylation sites (tertiary alicyclic amines) is 1. The molecule has 0 aromatic heterocycles. The van der Waals surface area contributed by atoms with Crippen LogP contribution in [-0.4, -0.2) is 63.1 Å². The average molecular weight is 332 g/mol. The number of ether oxygens (including phenoxy) is 1. The number of aliphatic imine (C=N–C) groups is 1. The third-order valence-corrected chi connectivity index (χ3v) is 4.55. The topological polar surface area (TPSA) is 40.1 Å². The van der Waals surface area contributed by atoms with Crippen LogP contribution in [0.5, 0.6) is 5.75 Å². The number of methoxy groups -OCH3 is 1. The number of nitrogens with one attached hydrogen (secondary N) is 1. The van der Waals surface area contributed by atoms with Crippen molar-refractivity contribution in [1.82, 2.24) is 15.1 Å². The zero-order chi connectivity index (χ0) is 17.4. The van der Waals surface area contributed by atoms with Crippen molar-refractivity contribution >= 4 is 5.96 Å². The van der Waals surface area contributed by atoms with Gasteiger partial charge in [-0.15, -0.1) is 0 Å². The van der Waals surface area contributed by atoms with Gasteiger partial charge in [-0.25, -0.2) is 0 Å². The summed E-state index contributed by atoms with van der Waals surface area (Å²) in [6.45, 7) is 7.70. The summed E-state index contributed by atoms with van der Waals surface area (Å²) >= 11 is 0. The highest BCUT2D eigenvalue weighted by molar-refractivity contribution is 5.79. The van der Waals surface area contributed by atoms with Crippen LogP contribution in [0.15, 0.2) is 29.3 Å². The van der Waals surface area contributed by atoms with E-state index < -0.39 is 0 Å². The number of nitrogens with zero attached hydrogens (tertiary/aromatic N) is 3. The Morgan fingerprint density at radius 2 is 2.04 bits per heavy atom. The van der Waals surface area contributed by atoms with Crippen LogP contribution in [0.4, 0.5) is 0 Å². The fourth-order valence-electron chi connectivity index (χ4n) is 3.28. The van der Waals surface area contributed by atoms with Gasteiger partial charge >= 0.3 is 0 Å². The van der Waals surface area contributed by atoms with Gasteiger partial charge in [-0.3, -0.25) is 4.99 Å². The fraction of sp³-hybridized carbons (Fsp3) is 0.632. The fourth-order valence-corrected chi connectivity index (χ4v) is 3.28. The monoisotopic (exact) mass is 332 g/mol. The molecule has 1 aromatic rings. The third-order valence-electron chi connectivity index (χ3n) is 4.55. The van der Waals surface area contributed by atoms with Crippen LogP contribution in [0, 0.1) is 5.92 Å². The molecule has 0 amide bonds. The molecule has 1 unspecified atom stereocenters. The Labute approximate surface area is 146 Å². The van der Waals surface area contributed by atoms with Gasteiger partial charge in [-0.1, -0.05) is 25.1 Å². The van der Waals surface area contributed by atoms with Crippen molar-refractivity contribution < 1.29 is 4.74 Å². The van der Waals surface area contributed by atoms with E-state index in [0.29, 0.717) is 5.92 Å². The Morgan fingerprint density at radius 3 is 2.71 bits per heavy atom. The highest BCUT2D eigenvalue weighted by atomic mass is 16.5. The smallest absolute Gasteiger partial charge is 0.193 e. The Hall–Kier alpha value is -1.75. The van der Waals surface area contributed by atoms with Crippen molar-refractivity contribution in [1.29, 1.82) is 0 Å². The molecule has 1 N–H and O–H groups in total. The number of para-hydroxylation sites is 1. The van der Waals surface area contributed by atoms with Crippen LogP contribution in [0.2, 0.25) is 0 Å². The van der Waals surface area contributed by atoms with E-state index in [4.69, 9.17) is 4.74 Å². The van der Waals surface area contributed by atoms with Crippen LogP contribution in [0.1, 0.15) is 25.3 Å². The normalized spacial score (nSPS) is 16.9. The lowest BCUT2D eigenvalue weighted by molar-refractivity contribution is 0.286. The molecular weight excluding hydrogens is 300 g/mol. The van der Waals surface area contributed by atoms with E-state index in [2.05, 4.69) is 40.1 Å². The minimum absolute atomic E-state index is 0.611. The first-order valence-electron chi connectivity index (χ1n) is 8.90. The highest BCUT2D eigenvalue weighted by Crippen LogP contribution is 2.18. The van der Waals surface area contributed by atoms with Crippen molar-refractivity contribution in [2.24, 2.45) is 10.9 Å². The van der Waals surface area contributed by atoms with Crippen LogP contribution in [0.25, 0.3) is 0 Å². The zero-order valence-corrected chi connectivity index (χ0v) is 15.6. The molecule has 5 heteroatoms. The summed E-state index contributed by atoms with van der Waals surface area (Å²) in [4.78, 5) is 9.12. The predicted octanol–water partition coefficient (Wildman–Crippen LogP) is 2.43. The predicted molar refractivity (Wildman–Crippen MR) is 101 cm³/mol. The lowest BCUT2D eigenvalue weighted by Crippen LogP contribution is -2.42. The summed E-state index contributed by atoms with van der Waals surface area (Å²) in [6, 6.07) is 8.13. The molecule has 5 nitrogen and oxygen atoms in total. The van der Waals surface area contributed by atoms with Crippen molar-refractivity contribution in [3.05, 3.63) is 29.8 Å². The largest absolute Gasteiger partial charge is 0.496 e. The second-order valence-corrected chi connectivity index (χ2v) is 6.71. The second-order valence-electron chi connectivity index (χ2n) is 6.71. The van der Waals surface area contributed by atoms with Gasteiger partial charge in [0, 0.05) is 39.3 Å². The summed E-state index contributed by atoms with van der Waals surface area (Å²) in [5.41, 5.74) is 1.16. The Bertz CT molecular complexity index is 526. The molecule has 1 aliphatic rings. The van der Waals surface area contributed by atoms with Gasteiger partial charge < -0.3 is 19.9 Å². The second kappa shape index (κ2) is 9.52. The molecule has 1 heterocycles. The number of benzene rings is 1. The summed E-state index contributed by atoms with van der Waals surface area (Å²) in [6.07, 6.45) is 2.70. The quantitative estimate of drug-likeness (QED) is 0.615. The zero-order valence-electron chi connectivity index (χ0n) is 15.6. The van der Waals surface area contributed by atoms with Crippen molar-refractivity contribution in [3.8, 4) is 5.75 Å². The van der Waals surface area contributed by atoms with Gasteiger partial charge in [-0.05, 0) is 37.9 Å². The van der Waals surface area contributed by atoms with E-state index in [1.807, 2.05) is 25.2 Å². The number of hydrogen-bond acceptors (Lipinski definition) is 3. The van der Waals surface area contributed by atoms with Crippen LogP contribution in [-0.2, 0) is 6.54 Å². The SMILES string of the molecule is CN=C(NCC(C)CN1CCCC1)N(C)Cc1ccccc1OC. The van der Waals surface area contributed by atoms with Crippen LogP contribution < -0.4 is 10.1 Å². The number of rotatable bonds is 7. The van der Waals surface area contributed by atoms with E-state index in [1.165, 1.54) is 32.5 Å². The van der Waals surface area contributed by atoms with E-state index in [9.17, 15) is 0 Å². The summed E-state index contributed by atoms with van der Waals surface area (Å²) in [5, 5.41) is 3.51. The average Bonchev–Trinajstić information content (AvgIpc) is 3.08.